The summed E-state index contributed by atoms with van der Waals surface area (Å²) >= 11 is 0. The summed E-state index contributed by atoms with van der Waals surface area (Å²) in [6, 6.07) is 0. The van der Waals surface area contributed by atoms with Gasteiger partial charge in [0.25, 0.3) is 0 Å². The Bertz CT molecular complexity index is 287. The number of aliphatic hydroxyl groups is 1. The number of nitrogens with one attached hydrogen (secondary N) is 1. The Kier molecular flexibility index (Phi) is 7.76. The normalized spacial score (nSPS) is 16.3. The highest BCUT2D eigenvalue weighted by molar-refractivity contribution is 5.85. The van der Waals surface area contributed by atoms with Crippen LogP contribution < -0.4 is 5.32 Å². The summed E-state index contributed by atoms with van der Waals surface area (Å²) in [5.74, 6) is 0.616. The van der Waals surface area contributed by atoms with Gasteiger partial charge in [-0.3, -0.25) is 0 Å². The van der Waals surface area contributed by atoms with Gasteiger partial charge >= 0.3 is 0 Å². The smallest absolute Gasteiger partial charge is 0.0949 e. The fraction of sp³-hybridized carbons (Fsp3) is 0.700. The molecule has 2 N–H and O–H groups in total. The van der Waals surface area contributed by atoms with Crippen molar-refractivity contribution < 1.29 is 5.11 Å². The van der Waals surface area contributed by atoms with Crippen LogP contribution in [0.5, 0.6) is 0 Å². The van der Waals surface area contributed by atoms with E-state index in [9.17, 15) is 0 Å². The molecule has 0 unspecified atom stereocenters. The summed E-state index contributed by atoms with van der Waals surface area (Å²) in [6.07, 6.45) is 6.10. The third-order valence-electron chi connectivity index (χ3n) is 2.84. The first-order chi connectivity index (χ1) is 6.92. The molecular formula is C10H19Cl2N3O. The molecule has 6 heteroatoms. The van der Waals surface area contributed by atoms with Crippen LogP contribution in [0.4, 0.5) is 0 Å². The Balaban J connectivity index is 0.00000112. The predicted octanol–water partition coefficient (Wildman–Crippen LogP) is 1.19. The Morgan fingerprint density at radius 1 is 1.38 bits per heavy atom. The van der Waals surface area contributed by atoms with Crippen molar-refractivity contribution in [3.63, 3.8) is 0 Å². The van der Waals surface area contributed by atoms with E-state index in [0.29, 0.717) is 12.5 Å². The van der Waals surface area contributed by atoms with Gasteiger partial charge in [-0.1, -0.05) is 0 Å². The molecule has 4 nitrogen and oxygen atoms in total. The second-order valence-electron chi connectivity index (χ2n) is 3.76. The van der Waals surface area contributed by atoms with E-state index in [-0.39, 0.29) is 31.4 Å². The van der Waals surface area contributed by atoms with Crippen LogP contribution in [-0.2, 0) is 6.54 Å². The van der Waals surface area contributed by atoms with Crippen LogP contribution in [0.2, 0.25) is 0 Å². The molecule has 1 aliphatic heterocycles. The van der Waals surface area contributed by atoms with Crippen LogP contribution in [0.3, 0.4) is 0 Å². The molecule has 1 aromatic heterocycles. The molecule has 1 saturated heterocycles. The number of aromatic nitrogens is 2. The number of hydrogen-bond acceptors (Lipinski definition) is 3. The van der Waals surface area contributed by atoms with Gasteiger partial charge in [-0.25, -0.2) is 4.98 Å². The number of hydrogen-bond donors (Lipinski definition) is 2. The molecule has 1 fully saturated rings. The molecule has 0 radical (unpaired) electrons. The molecule has 0 amide bonds. The molecule has 0 aliphatic carbocycles. The van der Waals surface area contributed by atoms with Crippen LogP contribution in [0.1, 0.15) is 24.5 Å². The summed E-state index contributed by atoms with van der Waals surface area (Å²) in [7, 11) is 0. The van der Waals surface area contributed by atoms with E-state index >= 15 is 0 Å². The van der Waals surface area contributed by atoms with Gasteiger partial charge in [0.2, 0.25) is 0 Å². The van der Waals surface area contributed by atoms with E-state index in [1.807, 2.05) is 12.5 Å². The third-order valence-corrected chi connectivity index (χ3v) is 2.84. The van der Waals surface area contributed by atoms with Crippen molar-refractivity contribution >= 4 is 24.8 Å². The molecule has 16 heavy (non-hydrogen) atoms. The van der Waals surface area contributed by atoms with E-state index in [2.05, 4.69) is 14.9 Å². The van der Waals surface area contributed by atoms with Gasteiger partial charge in [-0.05, 0) is 25.9 Å². The highest BCUT2D eigenvalue weighted by Gasteiger charge is 2.18. The number of rotatable bonds is 3. The summed E-state index contributed by atoms with van der Waals surface area (Å²) in [6.45, 7) is 3.04. The van der Waals surface area contributed by atoms with Gasteiger partial charge < -0.3 is 15.0 Å². The van der Waals surface area contributed by atoms with E-state index in [1.54, 1.807) is 0 Å². The number of imidazole rings is 1. The minimum atomic E-state index is 0. The van der Waals surface area contributed by atoms with Gasteiger partial charge in [0.15, 0.2) is 0 Å². The minimum Gasteiger partial charge on any atom is -0.395 e. The molecule has 0 aromatic carbocycles. The van der Waals surface area contributed by atoms with Crippen molar-refractivity contribution in [2.75, 3.05) is 19.7 Å². The highest BCUT2D eigenvalue weighted by atomic mass is 35.5. The standard InChI is InChI=1S/C10H17N3O.2ClH/c14-6-5-13-8-12-7-10(13)9-1-3-11-4-2-9;;/h7-9,11,14H,1-6H2;2*1H. The Labute approximate surface area is 108 Å². The minimum absolute atomic E-state index is 0. The first kappa shape index (κ1) is 15.7. The molecular weight excluding hydrogens is 249 g/mol. The van der Waals surface area contributed by atoms with Crippen molar-refractivity contribution in [2.45, 2.75) is 25.3 Å². The molecule has 1 aliphatic rings. The van der Waals surface area contributed by atoms with Gasteiger partial charge in [0, 0.05) is 24.4 Å². The van der Waals surface area contributed by atoms with Gasteiger partial charge in [-0.2, -0.15) is 0 Å². The SMILES string of the molecule is Cl.Cl.OCCn1cncc1C1CCNCC1. The summed E-state index contributed by atoms with van der Waals surface area (Å²) in [4.78, 5) is 4.15. The second-order valence-corrected chi connectivity index (χ2v) is 3.76. The van der Waals surface area contributed by atoms with E-state index < -0.39 is 0 Å². The molecule has 94 valence electrons. The second kappa shape index (κ2) is 7.90. The topological polar surface area (TPSA) is 50.1 Å². The summed E-state index contributed by atoms with van der Waals surface area (Å²) in [5, 5.41) is 12.2. The Hall–Kier alpha value is -0.290. The molecule has 0 atom stereocenters. The monoisotopic (exact) mass is 267 g/mol. The quantitative estimate of drug-likeness (QED) is 0.865. The maximum absolute atomic E-state index is 8.90. The van der Waals surface area contributed by atoms with Crippen molar-refractivity contribution in [1.82, 2.24) is 14.9 Å². The zero-order chi connectivity index (χ0) is 9.80. The average Bonchev–Trinajstić information content (AvgIpc) is 2.68. The Morgan fingerprint density at radius 2 is 2.06 bits per heavy atom. The fourth-order valence-electron chi connectivity index (χ4n) is 2.08. The van der Waals surface area contributed by atoms with Crippen LogP contribution in [0.25, 0.3) is 0 Å². The van der Waals surface area contributed by atoms with E-state index in [0.717, 1.165) is 13.1 Å². The highest BCUT2D eigenvalue weighted by Crippen LogP contribution is 2.24. The van der Waals surface area contributed by atoms with Crippen molar-refractivity contribution in [2.24, 2.45) is 0 Å². The lowest BCUT2D eigenvalue weighted by molar-refractivity contribution is 0.272. The van der Waals surface area contributed by atoms with Crippen molar-refractivity contribution in [3.05, 3.63) is 18.2 Å². The number of nitrogens with zero attached hydrogens (tertiary/aromatic N) is 2. The average molecular weight is 268 g/mol. The van der Waals surface area contributed by atoms with Crippen molar-refractivity contribution in [3.8, 4) is 0 Å². The van der Waals surface area contributed by atoms with Crippen LogP contribution >= 0.6 is 24.8 Å². The van der Waals surface area contributed by atoms with Gasteiger partial charge in [0.1, 0.15) is 0 Å². The lowest BCUT2D eigenvalue weighted by Crippen LogP contribution is -2.27. The molecule has 0 spiro atoms. The molecule has 2 rings (SSSR count). The maximum atomic E-state index is 8.90. The van der Waals surface area contributed by atoms with Crippen molar-refractivity contribution in [1.29, 1.82) is 0 Å². The number of aliphatic hydroxyl groups excluding tert-OH is 1. The lowest BCUT2D eigenvalue weighted by Gasteiger charge is -2.23. The molecule has 2 heterocycles. The third kappa shape index (κ3) is 3.63. The van der Waals surface area contributed by atoms with E-state index in [4.69, 9.17) is 5.11 Å². The fourth-order valence-corrected chi connectivity index (χ4v) is 2.08. The summed E-state index contributed by atoms with van der Waals surface area (Å²) in [5.41, 5.74) is 1.28. The van der Waals surface area contributed by atoms with Gasteiger partial charge in [0.05, 0.1) is 12.9 Å². The predicted molar refractivity (Wildman–Crippen MR) is 68.7 cm³/mol. The largest absolute Gasteiger partial charge is 0.395 e. The zero-order valence-electron chi connectivity index (χ0n) is 9.13. The zero-order valence-corrected chi connectivity index (χ0v) is 10.8. The number of halogens is 2. The lowest BCUT2D eigenvalue weighted by atomic mass is 9.95. The van der Waals surface area contributed by atoms with E-state index in [1.165, 1.54) is 18.5 Å². The van der Waals surface area contributed by atoms with Gasteiger partial charge in [-0.15, -0.1) is 24.8 Å². The van der Waals surface area contributed by atoms with Crippen LogP contribution in [-0.4, -0.2) is 34.4 Å². The first-order valence-corrected chi connectivity index (χ1v) is 5.23. The summed E-state index contributed by atoms with van der Waals surface area (Å²) < 4.78 is 2.07. The van der Waals surface area contributed by atoms with Crippen LogP contribution in [0.15, 0.2) is 12.5 Å². The Morgan fingerprint density at radius 3 is 2.69 bits per heavy atom. The van der Waals surface area contributed by atoms with Crippen LogP contribution in [0, 0.1) is 0 Å². The maximum Gasteiger partial charge on any atom is 0.0949 e. The molecule has 0 saturated carbocycles. The molecule has 1 aromatic rings. The number of piperidine rings is 1. The first-order valence-electron chi connectivity index (χ1n) is 5.23. The molecule has 0 bridgehead atoms.